The fourth-order valence-corrected chi connectivity index (χ4v) is 1.52. The standard InChI is InChI=1S/C12H14N4O2/c1-12(2,18)11-5-3-4-9(13-11)6-16-7-10(8-17)14-15-16/h3-5,7-8,18H,6H2,1-2H3. The average Bonchev–Trinajstić information content (AvgIpc) is 2.76. The maximum Gasteiger partial charge on any atom is 0.171 e. The van der Waals surface area contributed by atoms with Gasteiger partial charge in [-0.15, -0.1) is 5.10 Å². The normalized spacial score (nSPS) is 11.5. The molecule has 0 amide bonds. The van der Waals surface area contributed by atoms with E-state index in [9.17, 15) is 9.90 Å². The zero-order chi connectivity index (χ0) is 13.2. The number of aliphatic hydroxyl groups is 1. The largest absolute Gasteiger partial charge is 0.384 e. The van der Waals surface area contributed by atoms with Gasteiger partial charge in [-0.1, -0.05) is 11.3 Å². The minimum Gasteiger partial charge on any atom is -0.384 e. The molecule has 0 aliphatic rings. The van der Waals surface area contributed by atoms with Gasteiger partial charge in [0.25, 0.3) is 0 Å². The Labute approximate surface area is 104 Å². The van der Waals surface area contributed by atoms with E-state index in [4.69, 9.17) is 0 Å². The minimum atomic E-state index is -0.980. The van der Waals surface area contributed by atoms with Gasteiger partial charge in [0.2, 0.25) is 0 Å². The summed E-state index contributed by atoms with van der Waals surface area (Å²) in [5, 5.41) is 17.4. The number of nitrogens with zero attached hydrogens (tertiary/aromatic N) is 4. The van der Waals surface area contributed by atoms with E-state index in [2.05, 4.69) is 15.3 Å². The molecular formula is C12H14N4O2. The maximum atomic E-state index is 10.5. The van der Waals surface area contributed by atoms with Crippen molar-refractivity contribution in [1.29, 1.82) is 0 Å². The highest BCUT2D eigenvalue weighted by Crippen LogP contribution is 2.17. The van der Waals surface area contributed by atoms with Crippen LogP contribution >= 0.6 is 0 Å². The van der Waals surface area contributed by atoms with Crippen LogP contribution in [0.2, 0.25) is 0 Å². The van der Waals surface area contributed by atoms with Gasteiger partial charge in [0, 0.05) is 0 Å². The van der Waals surface area contributed by atoms with Crippen LogP contribution in [0.1, 0.15) is 35.7 Å². The van der Waals surface area contributed by atoms with Gasteiger partial charge in [-0.25, -0.2) is 4.68 Å². The zero-order valence-corrected chi connectivity index (χ0v) is 10.2. The second-order valence-electron chi connectivity index (χ2n) is 4.53. The summed E-state index contributed by atoms with van der Waals surface area (Å²) < 4.78 is 1.53. The molecule has 0 atom stereocenters. The molecule has 0 radical (unpaired) electrons. The maximum absolute atomic E-state index is 10.5. The lowest BCUT2D eigenvalue weighted by Gasteiger charge is -2.17. The van der Waals surface area contributed by atoms with Gasteiger partial charge in [-0.05, 0) is 26.0 Å². The molecule has 0 aliphatic carbocycles. The first-order valence-electron chi connectivity index (χ1n) is 5.53. The third kappa shape index (κ3) is 2.78. The van der Waals surface area contributed by atoms with Crippen molar-refractivity contribution in [3.8, 4) is 0 Å². The summed E-state index contributed by atoms with van der Waals surface area (Å²) in [6.07, 6.45) is 2.19. The second-order valence-corrected chi connectivity index (χ2v) is 4.53. The van der Waals surface area contributed by atoms with Crippen LogP contribution in [0.25, 0.3) is 0 Å². The van der Waals surface area contributed by atoms with E-state index in [0.717, 1.165) is 5.69 Å². The summed E-state index contributed by atoms with van der Waals surface area (Å²) in [6, 6.07) is 5.42. The highest BCUT2D eigenvalue weighted by molar-refractivity contribution is 5.70. The molecule has 0 fully saturated rings. The number of pyridine rings is 1. The molecule has 1 N–H and O–H groups in total. The van der Waals surface area contributed by atoms with Crippen LogP contribution in [-0.2, 0) is 12.1 Å². The van der Waals surface area contributed by atoms with E-state index in [1.807, 2.05) is 12.1 Å². The molecule has 6 nitrogen and oxygen atoms in total. The summed E-state index contributed by atoms with van der Waals surface area (Å²) in [6.45, 7) is 3.77. The first kappa shape index (κ1) is 12.4. The van der Waals surface area contributed by atoms with Crippen molar-refractivity contribution in [3.05, 3.63) is 41.5 Å². The van der Waals surface area contributed by atoms with Gasteiger partial charge in [-0.2, -0.15) is 0 Å². The fraction of sp³-hybridized carbons (Fsp3) is 0.333. The molecule has 0 saturated carbocycles. The van der Waals surface area contributed by atoms with E-state index in [1.54, 1.807) is 26.1 Å². The Kier molecular flexibility index (Phi) is 3.20. The Morgan fingerprint density at radius 3 is 2.83 bits per heavy atom. The van der Waals surface area contributed by atoms with Crippen molar-refractivity contribution in [2.24, 2.45) is 0 Å². The molecule has 2 aromatic heterocycles. The number of hydrogen-bond acceptors (Lipinski definition) is 5. The number of aromatic nitrogens is 4. The molecule has 2 heterocycles. The SMILES string of the molecule is CC(C)(O)c1cccc(Cn2cc(C=O)nn2)n1. The lowest BCUT2D eigenvalue weighted by Crippen LogP contribution is -2.18. The van der Waals surface area contributed by atoms with Crippen molar-refractivity contribution < 1.29 is 9.90 Å². The van der Waals surface area contributed by atoms with Gasteiger partial charge in [0.1, 0.15) is 11.3 Å². The molecule has 2 rings (SSSR count). The van der Waals surface area contributed by atoms with Crippen LogP contribution in [-0.4, -0.2) is 31.4 Å². The number of rotatable bonds is 4. The molecule has 18 heavy (non-hydrogen) atoms. The Morgan fingerprint density at radius 1 is 1.44 bits per heavy atom. The molecule has 2 aromatic rings. The molecule has 0 unspecified atom stereocenters. The van der Waals surface area contributed by atoms with Crippen molar-refractivity contribution in [3.63, 3.8) is 0 Å². The molecule has 0 aromatic carbocycles. The summed E-state index contributed by atoms with van der Waals surface area (Å²) in [7, 11) is 0. The topological polar surface area (TPSA) is 80.9 Å². The third-order valence-corrected chi connectivity index (χ3v) is 2.43. The summed E-state index contributed by atoms with van der Waals surface area (Å²) in [5.41, 5.74) is 0.646. The zero-order valence-electron chi connectivity index (χ0n) is 10.2. The van der Waals surface area contributed by atoms with Gasteiger partial charge >= 0.3 is 0 Å². The molecule has 0 bridgehead atoms. The second kappa shape index (κ2) is 4.66. The predicted molar refractivity (Wildman–Crippen MR) is 64.0 cm³/mol. The quantitative estimate of drug-likeness (QED) is 0.805. The number of aldehydes is 1. The van der Waals surface area contributed by atoms with Gasteiger partial charge in [-0.3, -0.25) is 9.78 Å². The minimum absolute atomic E-state index is 0.286. The van der Waals surface area contributed by atoms with Crippen molar-refractivity contribution in [2.45, 2.75) is 26.0 Å². The highest BCUT2D eigenvalue weighted by Gasteiger charge is 2.17. The fourth-order valence-electron chi connectivity index (χ4n) is 1.52. The summed E-state index contributed by atoms with van der Waals surface area (Å²) in [5.74, 6) is 0. The monoisotopic (exact) mass is 246 g/mol. The van der Waals surface area contributed by atoms with E-state index < -0.39 is 5.60 Å². The first-order chi connectivity index (χ1) is 8.49. The van der Waals surface area contributed by atoms with Gasteiger partial charge < -0.3 is 5.11 Å². The highest BCUT2D eigenvalue weighted by atomic mass is 16.3. The Hall–Kier alpha value is -2.08. The van der Waals surface area contributed by atoms with Crippen LogP contribution in [0.15, 0.2) is 24.4 Å². The van der Waals surface area contributed by atoms with Crippen LogP contribution in [0.5, 0.6) is 0 Å². The lowest BCUT2D eigenvalue weighted by atomic mass is 10.0. The van der Waals surface area contributed by atoms with Crippen LogP contribution in [0.3, 0.4) is 0 Å². The smallest absolute Gasteiger partial charge is 0.171 e. The average molecular weight is 246 g/mol. The number of hydrogen-bond donors (Lipinski definition) is 1. The van der Waals surface area contributed by atoms with Crippen LogP contribution in [0.4, 0.5) is 0 Å². The number of carbonyl (C=O) groups is 1. The first-order valence-corrected chi connectivity index (χ1v) is 5.53. The summed E-state index contributed by atoms with van der Waals surface area (Å²) >= 11 is 0. The molecule has 0 spiro atoms. The van der Waals surface area contributed by atoms with E-state index >= 15 is 0 Å². The van der Waals surface area contributed by atoms with Crippen LogP contribution in [0, 0.1) is 0 Å². The molecule has 6 heteroatoms. The number of carbonyl (C=O) groups excluding carboxylic acids is 1. The molecule has 0 aliphatic heterocycles. The molecule has 0 saturated heterocycles. The molecule has 94 valence electrons. The van der Waals surface area contributed by atoms with Crippen molar-refractivity contribution >= 4 is 6.29 Å². The van der Waals surface area contributed by atoms with Crippen molar-refractivity contribution in [1.82, 2.24) is 20.0 Å². The Bertz CT molecular complexity index is 557. The van der Waals surface area contributed by atoms with Gasteiger partial charge in [0.15, 0.2) is 6.29 Å². The summed E-state index contributed by atoms with van der Waals surface area (Å²) in [4.78, 5) is 14.8. The Morgan fingerprint density at radius 2 is 2.22 bits per heavy atom. The van der Waals surface area contributed by atoms with Crippen molar-refractivity contribution in [2.75, 3.05) is 0 Å². The van der Waals surface area contributed by atoms with Gasteiger partial charge in [0.05, 0.1) is 24.1 Å². The Balaban J connectivity index is 2.21. The van der Waals surface area contributed by atoms with E-state index in [1.165, 1.54) is 4.68 Å². The van der Waals surface area contributed by atoms with E-state index in [-0.39, 0.29) is 5.69 Å². The molecular weight excluding hydrogens is 232 g/mol. The lowest BCUT2D eigenvalue weighted by molar-refractivity contribution is 0.0736. The third-order valence-electron chi connectivity index (χ3n) is 2.43. The van der Waals surface area contributed by atoms with E-state index in [0.29, 0.717) is 18.5 Å². The van der Waals surface area contributed by atoms with Crippen LogP contribution < -0.4 is 0 Å². The predicted octanol–water partition coefficient (Wildman–Crippen LogP) is 0.761.